The molecule has 0 amide bonds. The molecule has 0 unspecified atom stereocenters. The number of nitrogens with zero attached hydrogens (tertiary/aromatic N) is 10. The Bertz CT molecular complexity index is 1310. The van der Waals surface area contributed by atoms with E-state index in [-0.39, 0.29) is 0 Å². The van der Waals surface area contributed by atoms with E-state index in [4.69, 9.17) is 0 Å². The van der Waals surface area contributed by atoms with Crippen LogP contribution in [0.25, 0.3) is 0 Å². The van der Waals surface area contributed by atoms with Gasteiger partial charge in [-0.05, 0) is 84.1 Å². The minimum absolute atomic E-state index is 0.711. The van der Waals surface area contributed by atoms with Gasteiger partial charge in [0.1, 0.15) is 11.4 Å². The first-order chi connectivity index (χ1) is 18.8. The van der Waals surface area contributed by atoms with Crippen LogP contribution in [0, 0.1) is 13.8 Å². The maximum Gasteiger partial charge on any atom is 0.403 e. The van der Waals surface area contributed by atoms with Crippen molar-refractivity contribution in [1.82, 2.24) is 19.6 Å². The van der Waals surface area contributed by atoms with E-state index in [2.05, 4.69) is 80.9 Å². The van der Waals surface area contributed by atoms with Gasteiger partial charge in [0.25, 0.3) is 0 Å². The van der Waals surface area contributed by atoms with Gasteiger partial charge >= 0.3 is 11.9 Å². The SMILES string of the molecule is Cc1cc(CCCCCCCc2ccc(N=Nc3n(C)nc[n+]3C)c(C)c2)ccc1N=Nc1n(C)nc[n+]1C. The van der Waals surface area contributed by atoms with Gasteiger partial charge in [-0.1, -0.05) is 53.8 Å². The van der Waals surface area contributed by atoms with E-state index in [1.54, 1.807) is 22.0 Å². The molecule has 2 aromatic heterocycles. The van der Waals surface area contributed by atoms with Crippen LogP contribution in [0.5, 0.6) is 0 Å². The molecular formula is C29H40N10+2. The fraction of sp³-hybridized carbons (Fsp3) is 0.448. The molecule has 0 bridgehead atoms. The molecule has 10 nitrogen and oxygen atoms in total. The lowest BCUT2D eigenvalue weighted by Crippen LogP contribution is -2.25. The Morgan fingerprint density at radius 3 is 1.38 bits per heavy atom. The molecule has 10 heteroatoms. The molecular weight excluding hydrogens is 488 g/mol. The van der Waals surface area contributed by atoms with Crippen molar-refractivity contribution in [2.45, 2.75) is 58.8 Å². The Balaban J connectivity index is 1.16. The van der Waals surface area contributed by atoms with Crippen LogP contribution in [-0.4, -0.2) is 19.6 Å². The average molecular weight is 529 g/mol. The molecule has 0 spiro atoms. The van der Waals surface area contributed by atoms with Gasteiger partial charge in [0.05, 0.1) is 28.2 Å². The lowest BCUT2D eigenvalue weighted by Gasteiger charge is -2.06. The topological polar surface area (TPSA) is 92.8 Å². The molecule has 4 rings (SSSR count). The van der Waals surface area contributed by atoms with Crippen molar-refractivity contribution in [2.75, 3.05) is 0 Å². The monoisotopic (exact) mass is 528 g/mol. The van der Waals surface area contributed by atoms with Crippen molar-refractivity contribution in [2.24, 2.45) is 48.6 Å². The summed E-state index contributed by atoms with van der Waals surface area (Å²) in [4.78, 5) is 0. The van der Waals surface area contributed by atoms with Crippen molar-refractivity contribution in [3.05, 3.63) is 71.3 Å². The minimum atomic E-state index is 0.711. The third-order valence-corrected chi connectivity index (χ3v) is 6.95. The van der Waals surface area contributed by atoms with Crippen LogP contribution in [0.4, 0.5) is 23.3 Å². The van der Waals surface area contributed by atoms with Crippen LogP contribution in [0.2, 0.25) is 0 Å². The molecule has 204 valence electrons. The summed E-state index contributed by atoms with van der Waals surface area (Å²) in [6, 6.07) is 13.0. The Labute approximate surface area is 230 Å². The number of benzene rings is 2. The van der Waals surface area contributed by atoms with Gasteiger partial charge in [-0.15, -0.1) is 9.36 Å². The second kappa shape index (κ2) is 13.1. The molecule has 0 aliphatic rings. The molecule has 0 fully saturated rings. The van der Waals surface area contributed by atoms with Crippen LogP contribution in [0.3, 0.4) is 0 Å². The predicted molar refractivity (Wildman–Crippen MR) is 150 cm³/mol. The molecule has 0 saturated heterocycles. The summed E-state index contributed by atoms with van der Waals surface area (Å²) < 4.78 is 7.12. The largest absolute Gasteiger partial charge is 0.403 e. The Hall–Kier alpha value is -4.08. The van der Waals surface area contributed by atoms with E-state index in [0.29, 0.717) is 11.9 Å². The van der Waals surface area contributed by atoms with E-state index in [1.807, 2.05) is 37.3 Å². The highest BCUT2D eigenvalue weighted by Gasteiger charge is 2.13. The number of azo groups is 2. The maximum absolute atomic E-state index is 4.43. The fourth-order valence-electron chi connectivity index (χ4n) is 4.60. The second-order valence-corrected chi connectivity index (χ2v) is 10.2. The molecule has 39 heavy (non-hydrogen) atoms. The van der Waals surface area contributed by atoms with Gasteiger partial charge in [-0.2, -0.15) is 0 Å². The van der Waals surface area contributed by atoms with Crippen molar-refractivity contribution in [1.29, 1.82) is 0 Å². The smallest absolute Gasteiger partial charge is 0.225 e. The number of rotatable bonds is 12. The van der Waals surface area contributed by atoms with E-state index >= 15 is 0 Å². The first-order valence-corrected chi connectivity index (χ1v) is 13.6. The second-order valence-electron chi connectivity index (χ2n) is 10.2. The summed E-state index contributed by atoms with van der Waals surface area (Å²) in [6.07, 6.45) is 11.8. The Morgan fingerprint density at radius 2 is 1.03 bits per heavy atom. The molecule has 0 N–H and O–H groups in total. The minimum Gasteiger partial charge on any atom is -0.225 e. The van der Waals surface area contributed by atoms with Crippen LogP contribution in [0.1, 0.15) is 54.4 Å². The molecule has 2 heterocycles. The van der Waals surface area contributed by atoms with E-state index in [1.165, 1.54) is 43.2 Å². The zero-order valence-corrected chi connectivity index (χ0v) is 24.0. The zero-order valence-electron chi connectivity index (χ0n) is 24.0. The average Bonchev–Trinajstić information content (AvgIpc) is 3.41. The van der Waals surface area contributed by atoms with Crippen molar-refractivity contribution >= 4 is 23.3 Å². The first kappa shape index (κ1) is 27.9. The molecule has 0 saturated carbocycles. The van der Waals surface area contributed by atoms with Crippen molar-refractivity contribution < 1.29 is 9.13 Å². The normalized spacial score (nSPS) is 11.8. The zero-order chi connectivity index (χ0) is 27.8. The number of aryl methyl sites for hydroxylation is 8. The third-order valence-electron chi connectivity index (χ3n) is 6.95. The van der Waals surface area contributed by atoms with Crippen LogP contribution >= 0.6 is 0 Å². The predicted octanol–water partition coefficient (Wildman–Crippen LogP) is 5.99. The van der Waals surface area contributed by atoms with E-state index in [9.17, 15) is 0 Å². The maximum atomic E-state index is 4.43. The standard InChI is InChI=1S/C29H40N10/c1-22-18-24(14-16-26(22)32-34-28-36(3)20-30-38(28)5)12-10-8-7-9-11-13-25-15-17-27(23(2)19-25)33-35-29-37(4)21-31-39(29)6/h14-21H,7-13H2,1-6H3/q+2. The number of unbranched alkanes of at least 4 members (excludes halogenated alkanes) is 4. The molecule has 0 atom stereocenters. The Kier molecular flexibility index (Phi) is 9.40. The molecule has 0 aliphatic carbocycles. The van der Waals surface area contributed by atoms with Gasteiger partial charge in [0, 0.05) is 10.2 Å². The summed E-state index contributed by atoms with van der Waals surface area (Å²) in [7, 11) is 7.55. The highest BCUT2D eigenvalue weighted by Crippen LogP contribution is 2.24. The summed E-state index contributed by atoms with van der Waals surface area (Å²) in [5, 5.41) is 25.9. The van der Waals surface area contributed by atoms with Gasteiger partial charge in [-0.3, -0.25) is 0 Å². The summed E-state index contributed by atoms with van der Waals surface area (Å²) in [6.45, 7) is 4.19. The van der Waals surface area contributed by atoms with Crippen molar-refractivity contribution in [3.8, 4) is 0 Å². The fourth-order valence-corrected chi connectivity index (χ4v) is 4.60. The molecule has 0 radical (unpaired) electrons. The van der Waals surface area contributed by atoms with Crippen LogP contribution < -0.4 is 9.13 Å². The quantitative estimate of drug-likeness (QED) is 0.128. The summed E-state index contributed by atoms with van der Waals surface area (Å²) in [5.74, 6) is 1.42. The number of hydrogen-bond acceptors (Lipinski definition) is 6. The lowest BCUT2D eigenvalue weighted by molar-refractivity contribution is -0.659. The van der Waals surface area contributed by atoms with Gasteiger partial charge in [0.15, 0.2) is 0 Å². The summed E-state index contributed by atoms with van der Waals surface area (Å²) in [5.41, 5.74) is 6.82. The first-order valence-electron chi connectivity index (χ1n) is 13.6. The Morgan fingerprint density at radius 1 is 0.615 bits per heavy atom. The highest BCUT2D eigenvalue weighted by atomic mass is 15.4. The van der Waals surface area contributed by atoms with Crippen LogP contribution in [-0.2, 0) is 41.0 Å². The molecule has 4 aromatic rings. The van der Waals surface area contributed by atoms with Gasteiger partial charge in [0.2, 0.25) is 12.7 Å². The number of hydrogen-bond donors (Lipinski definition) is 0. The highest BCUT2D eigenvalue weighted by molar-refractivity contribution is 5.47. The lowest BCUT2D eigenvalue weighted by atomic mass is 10.0. The van der Waals surface area contributed by atoms with Gasteiger partial charge in [-0.25, -0.2) is 9.13 Å². The van der Waals surface area contributed by atoms with Crippen LogP contribution in [0.15, 0.2) is 69.5 Å². The summed E-state index contributed by atoms with van der Waals surface area (Å²) >= 11 is 0. The van der Waals surface area contributed by atoms with E-state index < -0.39 is 0 Å². The third kappa shape index (κ3) is 7.49. The molecule has 2 aromatic carbocycles. The van der Waals surface area contributed by atoms with Crippen molar-refractivity contribution in [3.63, 3.8) is 0 Å². The van der Waals surface area contributed by atoms with E-state index in [0.717, 1.165) is 35.3 Å². The number of aromatic nitrogens is 6. The van der Waals surface area contributed by atoms with Gasteiger partial charge < -0.3 is 0 Å². The molecule has 0 aliphatic heterocycles.